The van der Waals surface area contributed by atoms with Crippen molar-refractivity contribution in [1.82, 2.24) is 20.2 Å². The predicted octanol–water partition coefficient (Wildman–Crippen LogP) is 1.22. The van der Waals surface area contributed by atoms with Crippen LogP contribution in [0.2, 0.25) is 0 Å². The smallest absolute Gasteiger partial charge is 0.240 e. The molecule has 1 saturated carbocycles. The largest absolute Gasteiger partial charge is 0.347 e. The minimum atomic E-state index is -0.0786. The van der Waals surface area contributed by atoms with E-state index in [1.807, 2.05) is 0 Å². The Morgan fingerprint density at radius 3 is 3.15 bits per heavy atom. The van der Waals surface area contributed by atoms with Gasteiger partial charge in [-0.15, -0.1) is 0 Å². The zero-order chi connectivity index (χ0) is 13.5. The van der Waals surface area contributed by atoms with Gasteiger partial charge in [0.1, 0.15) is 0 Å². The van der Waals surface area contributed by atoms with Gasteiger partial charge in [0.05, 0.1) is 23.8 Å². The molecule has 108 valence electrons. The lowest BCUT2D eigenvalue weighted by atomic mass is 9.91. The molecule has 2 N–H and O–H groups in total. The Labute approximate surface area is 119 Å². The number of aromatic amines is 1. The SMILES string of the molecule is O=C(C1Cc2nc[nH]c2CN1)N1CCCC2CCCC21. The summed E-state index contributed by atoms with van der Waals surface area (Å²) in [6, 6.07) is 0.434. The Balaban J connectivity index is 1.50. The van der Waals surface area contributed by atoms with Gasteiger partial charge < -0.3 is 9.88 Å². The maximum absolute atomic E-state index is 12.9. The Morgan fingerprint density at radius 2 is 2.20 bits per heavy atom. The van der Waals surface area contributed by atoms with E-state index in [0.29, 0.717) is 11.9 Å². The standard InChI is InChI=1S/C15H22N4O/c20-15(12-7-11-13(8-16-12)18-9-17-11)19-6-2-4-10-3-1-5-14(10)19/h9-10,12,14,16H,1-8H2,(H,17,18). The Kier molecular flexibility index (Phi) is 3.02. The molecule has 0 radical (unpaired) electrons. The predicted molar refractivity (Wildman–Crippen MR) is 75.0 cm³/mol. The number of nitrogens with zero attached hydrogens (tertiary/aromatic N) is 2. The molecule has 3 heterocycles. The maximum atomic E-state index is 12.9. The van der Waals surface area contributed by atoms with Gasteiger partial charge in [-0.25, -0.2) is 4.98 Å². The lowest BCUT2D eigenvalue weighted by molar-refractivity contribution is -0.138. The van der Waals surface area contributed by atoms with E-state index in [0.717, 1.165) is 36.8 Å². The number of rotatable bonds is 1. The molecule has 3 atom stereocenters. The van der Waals surface area contributed by atoms with Crippen molar-refractivity contribution in [2.45, 2.75) is 57.2 Å². The van der Waals surface area contributed by atoms with Gasteiger partial charge in [0.15, 0.2) is 0 Å². The van der Waals surface area contributed by atoms with Gasteiger partial charge in [-0.05, 0) is 31.6 Å². The average Bonchev–Trinajstić information content (AvgIpc) is 3.13. The molecule has 1 saturated heterocycles. The quantitative estimate of drug-likeness (QED) is 0.809. The van der Waals surface area contributed by atoms with Crippen LogP contribution in [0.5, 0.6) is 0 Å². The molecule has 5 nitrogen and oxygen atoms in total. The van der Waals surface area contributed by atoms with Crippen molar-refractivity contribution < 1.29 is 4.79 Å². The molecule has 1 aromatic rings. The molecule has 1 aromatic heterocycles. The van der Waals surface area contributed by atoms with Gasteiger partial charge in [0.2, 0.25) is 5.91 Å². The van der Waals surface area contributed by atoms with Crippen LogP contribution in [0, 0.1) is 5.92 Å². The number of piperidine rings is 1. The number of likely N-dealkylation sites (tertiary alicyclic amines) is 1. The second-order valence-corrected chi connectivity index (χ2v) is 6.40. The van der Waals surface area contributed by atoms with Gasteiger partial charge in [0, 0.05) is 25.6 Å². The van der Waals surface area contributed by atoms with Crippen molar-refractivity contribution in [3.8, 4) is 0 Å². The fraction of sp³-hybridized carbons (Fsp3) is 0.733. The summed E-state index contributed by atoms with van der Waals surface area (Å²) in [5.74, 6) is 1.06. The molecule has 4 rings (SSSR count). The number of nitrogens with one attached hydrogen (secondary N) is 2. The number of carbonyl (C=O) groups is 1. The van der Waals surface area contributed by atoms with Crippen LogP contribution in [0.25, 0.3) is 0 Å². The third-order valence-electron chi connectivity index (χ3n) is 5.30. The fourth-order valence-electron chi connectivity index (χ4n) is 4.27. The highest BCUT2D eigenvalue weighted by molar-refractivity contribution is 5.83. The number of fused-ring (bicyclic) bond motifs is 2. The number of carbonyl (C=O) groups excluding carboxylic acids is 1. The van der Waals surface area contributed by atoms with Gasteiger partial charge in [-0.2, -0.15) is 0 Å². The summed E-state index contributed by atoms with van der Waals surface area (Å²) in [6.07, 6.45) is 8.76. The molecule has 5 heteroatoms. The van der Waals surface area contributed by atoms with E-state index < -0.39 is 0 Å². The number of H-pyrrole nitrogens is 1. The number of hydrogen-bond donors (Lipinski definition) is 2. The summed E-state index contributed by atoms with van der Waals surface area (Å²) in [7, 11) is 0. The van der Waals surface area contributed by atoms with Crippen LogP contribution in [0.15, 0.2) is 6.33 Å². The summed E-state index contributed by atoms with van der Waals surface area (Å²) < 4.78 is 0. The molecule has 1 aliphatic carbocycles. The lowest BCUT2D eigenvalue weighted by Crippen LogP contribution is -2.55. The number of aromatic nitrogens is 2. The highest BCUT2D eigenvalue weighted by Crippen LogP contribution is 2.37. The van der Waals surface area contributed by atoms with Gasteiger partial charge in [-0.1, -0.05) is 6.42 Å². The van der Waals surface area contributed by atoms with Crippen LogP contribution in [0.1, 0.15) is 43.5 Å². The van der Waals surface area contributed by atoms with Gasteiger partial charge in [-0.3, -0.25) is 10.1 Å². The Morgan fingerprint density at radius 1 is 1.30 bits per heavy atom. The topological polar surface area (TPSA) is 61.0 Å². The number of amides is 1. The summed E-state index contributed by atoms with van der Waals surface area (Å²) >= 11 is 0. The summed E-state index contributed by atoms with van der Waals surface area (Å²) in [5.41, 5.74) is 2.19. The minimum Gasteiger partial charge on any atom is -0.347 e. The zero-order valence-electron chi connectivity index (χ0n) is 11.8. The van der Waals surface area contributed by atoms with E-state index >= 15 is 0 Å². The molecular weight excluding hydrogens is 252 g/mol. The third-order valence-corrected chi connectivity index (χ3v) is 5.30. The Bertz CT molecular complexity index is 512. The van der Waals surface area contributed by atoms with Crippen LogP contribution in [0.4, 0.5) is 0 Å². The normalized spacial score (nSPS) is 32.8. The van der Waals surface area contributed by atoms with E-state index in [1.54, 1.807) is 6.33 Å². The van der Waals surface area contributed by atoms with E-state index in [4.69, 9.17) is 0 Å². The third kappa shape index (κ3) is 1.95. The second kappa shape index (κ2) is 4.88. The molecule has 20 heavy (non-hydrogen) atoms. The minimum absolute atomic E-state index is 0.0786. The molecule has 0 spiro atoms. The van der Waals surface area contributed by atoms with Crippen molar-refractivity contribution in [2.24, 2.45) is 5.92 Å². The van der Waals surface area contributed by atoms with Gasteiger partial charge >= 0.3 is 0 Å². The van der Waals surface area contributed by atoms with Crippen LogP contribution >= 0.6 is 0 Å². The molecule has 2 fully saturated rings. The molecule has 0 bridgehead atoms. The van der Waals surface area contributed by atoms with Crippen molar-refractivity contribution >= 4 is 5.91 Å². The van der Waals surface area contributed by atoms with Crippen LogP contribution < -0.4 is 5.32 Å². The first-order valence-corrected chi connectivity index (χ1v) is 7.88. The molecule has 0 aromatic carbocycles. The second-order valence-electron chi connectivity index (χ2n) is 6.40. The first kappa shape index (κ1) is 12.4. The van der Waals surface area contributed by atoms with E-state index in [1.165, 1.54) is 32.1 Å². The lowest BCUT2D eigenvalue weighted by Gasteiger charge is -2.40. The van der Waals surface area contributed by atoms with Gasteiger partial charge in [0.25, 0.3) is 0 Å². The summed E-state index contributed by atoms with van der Waals surface area (Å²) in [5, 5.41) is 3.38. The van der Waals surface area contributed by atoms with E-state index in [2.05, 4.69) is 20.2 Å². The van der Waals surface area contributed by atoms with Crippen LogP contribution in [0.3, 0.4) is 0 Å². The fourth-order valence-corrected chi connectivity index (χ4v) is 4.27. The molecule has 1 amide bonds. The highest BCUT2D eigenvalue weighted by Gasteiger charge is 2.40. The van der Waals surface area contributed by atoms with Crippen molar-refractivity contribution in [2.75, 3.05) is 6.54 Å². The van der Waals surface area contributed by atoms with Crippen LogP contribution in [-0.2, 0) is 17.8 Å². The number of hydrogen-bond acceptors (Lipinski definition) is 3. The average molecular weight is 274 g/mol. The Hall–Kier alpha value is -1.36. The molecular formula is C15H22N4O. The summed E-state index contributed by atoms with van der Waals surface area (Å²) in [6.45, 7) is 1.68. The monoisotopic (exact) mass is 274 g/mol. The van der Waals surface area contributed by atoms with Crippen molar-refractivity contribution in [3.05, 3.63) is 17.7 Å². The highest BCUT2D eigenvalue weighted by atomic mass is 16.2. The van der Waals surface area contributed by atoms with Crippen molar-refractivity contribution in [1.29, 1.82) is 0 Å². The van der Waals surface area contributed by atoms with Crippen molar-refractivity contribution in [3.63, 3.8) is 0 Å². The maximum Gasteiger partial charge on any atom is 0.240 e. The summed E-state index contributed by atoms with van der Waals surface area (Å²) in [4.78, 5) is 22.5. The first-order valence-electron chi connectivity index (χ1n) is 7.88. The van der Waals surface area contributed by atoms with E-state index in [-0.39, 0.29) is 6.04 Å². The molecule has 3 unspecified atom stereocenters. The number of imidazole rings is 1. The first-order chi connectivity index (χ1) is 9.83. The van der Waals surface area contributed by atoms with E-state index in [9.17, 15) is 4.79 Å². The molecule has 2 aliphatic heterocycles. The molecule has 3 aliphatic rings. The van der Waals surface area contributed by atoms with Crippen LogP contribution in [-0.4, -0.2) is 39.4 Å². The zero-order valence-corrected chi connectivity index (χ0v) is 11.8.